The Labute approximate surface area is 165 Å². The summed E-state index contributed by atoms with van der Waals surface area (Å²) in [6.45, 7) is 2.93. The van der Waals surface area contributed by atoms with E-state index in [0.29, 0.717) is 56.8 Å². The number of fused-ring (bicyclic) bond motifs is 1. The van der Waals surface area contributed by atoms with E-state index in [0.717, 1.165) is 12.8 Å². The SMILES string of the molecule is CO[C@@]12CCC(O)CC1N(C(=O)c1ccc(C(=O)N3CCOCC3)cc1)CC2. The molecule has 4 rings (SSSR count). The van der Waals surface area contributed by atoms with Gasteiger partial charge in [-0.2, -0.15) is 0 Å². The van der Waals surface area contributed by atoms with Crippen LogP contribution in [0, 0.1) is 0 Å². The van der Waals surface area contributed by atoms with Crippen LogP contribution >= 0.6 is 0 Å². The van der Waals surface area contributed by atoms with E-state index >= 15 is 0 Å². The summed E-state index contributed by atoms with van der Waals surface area (Å²) in [5, 5.41) is 10.1. The van der Waals surface area contributed by atoms with Crippen molar-refractivity contribution in [3.63, 3.8) is 0 Å². The number of benzene rings is 1. The van der Waals surface area contributed by atoms with Gasteiger partial charge in [0.1, 0.15) is 0 Å². The van der Waals surface area contributed by atoms with Crippen LogP contribution in [0.3, 0.4) is 0 Å². The molecule has 28 heavy (non-hydrogen) atoms. The quantitative estimate of drug-likeness (QED) is 0.845. The van der Waals surface area contributed by atoms with Crippen LogP contribution in [0.25, 0.3) is 0 Å². The third-order valence-electron chi connectivity index (χ3n) is 6.50. The number of aliphatic hydroxyl groups excluding tert-OH is 1. The van der Waals surface area contributed by atoms with E-state index < -0.39 is 6.10 Å². The minimum absolute atomic E-state index is 0.0303. The van der Waals surface area contributed by atoms with Gasteiger partial charge in [0, 0.05) is 37.9 Å². The van der Waals surface area contributed by atoms with Crippen molar-refractivity contribution in [2.45, 2.75) is 43.4 Å². The second kappa shape index (κ2) is 7.81. The molecule has 0 spiro atoms. The molecule has 0 bridgehead atoms. The molecule has 1 N–H and O–H groups in total. The summed E-state index contributed by atoms with van der Waals surface area (Å²) in [4.78, 5) is 29.3. The number of morpholine rings is 1. The Balaban J connectivity index is 1.48. The zero-order chi connectivity index (χ0) is 19.7. The van der Waals surface area contributed by atoms with Gasteiger partial charge in [0.25, 0.3) is 11.8 Å². The maximum Gasteiger partial charge on any atom is 0.254 e. The summed E-state index contributed by atoms with van der Waals surface area (Å²) in [5.74, 6) is -0.0966. The first-order chi connectivity index (χ1) is 13.5. The highest BCUT2D eigenvalue weighted by Crippen LogP contribution is 2.42. The van der Waals surface area contributed by atoms with Gasteiger partial charge in [-0.15, -0.1) is 0 Å². The second-order valence-electron chi connectivity index (χ2n) is 7.94. The summed E-state index contributed by atoms with van der Waals surface area (Å²) in [6, 6.07) is 6.79. The summed E-state index contributed by atoms with van der Waals surface area (Å²) in [6.07, 6.45) is 2.43. The molecule has 2 aliphatic heterocycles. The molecule has 2 saturated heterocycles. The molecule has 1 aromatic rings. The number of ether oxygens (including phenoxy) is 2. The van der Waals surface area contributed by atoms with Gasteiger partial charge in [0.2, 0.25) is 0 Å². The summed E-state index contributed by atoms with van der Waals surface area (Å²) < 4.78 is 11.1. The average molecular weight is 388 g/mol. The number of hydrogen-bond donors (Lipinski definition) is 1. The van der Waals surface area contributed by atoms with Crippen LogP contribution in [0.1, 0.15) is 46.4 Å². The minimum Gasteiger partial charge on any atom is -0.393 e. The van der Waals surface area contributed by atoms with Gasteiger partial charge in [0.05, 0.1) is 31.0 Å². The smallest absolute Gasteiger partial charge is 0.254 e. The third kappa shape index (κ3) is 3.43. The first-order valence-electron chi connectivity index (χ1n) is 10.1. The fourth-order valence-corrected chi connectivity index (χ4v) is 4.79. The summed E-state index contributed by atoms with van der Waals surface area (Å²) in [7, 11) is 1.70. The molecule has 1 aliphatic carbocycles. The summed E-state index contributed by atoms with van der Waals surface area (Å²) in [5.41, 5.74) is 0.797. The lowest BCUT2D eigenvalue weighted by atomic mass is 9.79. The van der Waals surface area contributed by atoms with Gasteiger partial charge in [0.15, 0.2) is 0 Å². The van der Waals surface area contributed by atoms with Crippen LogP contribution in [-0.4, -0.2) is 84.4 Å². The Hall–Kier alpha value is -1.96. The van der Waals surface area contributed by atoms with E-state index in [2.05, 4.69) is 0 Å². The molecule has 152 valence electrons. The highest BCUT2D eigenvalue weighted by molar-refractivity contribution is 5.98. The number of carbonyl (C=O) groups is 2. The molecule has 1 aromatic carbocycles. The highest BCUT2D eigenvalue weighted by atomic mass is 16.5. The molecule has 7 nitrogen and oxygen atoms in total. The molecule has 3 fully saturated rings. The number of aliphatic hydroxyl groups is 1. The van der Waals surface area contributed by atoms with Crippen LogP contribution in [-0.2, 0) is 9.47 Å². The molecule has 0 aromatic heterocycles. The molecule has 1 saturated carbocycles. The number of amides is 2. The molecule has 2 unspecified atom stereocenters. The highest BCUT2D eigenvalue weighted by Gasteiger charge is 2.52. The van der Waals surface area contributed by atoms with Gasteiger partial charge in [-0.3, -0.25) is 9.59 Å². The predicted molar refractivity (Wildman–Crippen MR) is 102 cm³/mol. The Morgan fingerprint density at radius 3 is 2.36 bits per heavy atom. The minimum atomic E-state index is -0.393. The number of rotatable bonds is 3. The van der Waals surface area contributed by atoms with Crippen molar-refractivity contribution in [1.29, 1.82) is 0 Å². The molecule has 7 heteroatoms. The maximum atomic E-state index is 13.1. The largest absolute Gasteiger partial charge is 0.393 e. The third-order valence-corrected chi connectivity index (χ3v) is 6.50. The van der Waals surface area contributed by atoms with Crippen molar-refractivity contribution < 1.29 is 24.2 Å². The fourth-order valence-electron chi connectivity index (χ4n) is 4.79. The second-order valence-corrected chi connectivity index (χ2v) is 7.94. The normalized spacial score (nSPS) is 30.2. The monoisotopic (exact) mass is 388 g/mol. The van der Waals surface area contributed by atoms with E-state index in [9.17, 15) is 14.7 Å². The van der Waals surface area contributed by atoms with E-state index in [1.165, 1.54) is 0 Å². The lowest BCUT2D eigenvalue weighted by molar-refractivity contribution is -0.0824. The Bertz CT molecular complexity index is 731. The molecular weight excluding hydrogens is 360 g/mol. The van der Waals surface area contributed by atoms with Gasteiger partial charge in [-0.25, -0.2) is 0 Å². The topological polar surface area (TPSA) is 79.3 Å². The zero-order valence-electron chi connectivity index (χ0n) is 16.3. The number of methoxy groups -OCH3 is 1. The number of hydrogen-bond acceptors (Lipinski definition) is 5. The number of nitrogens with zero attached hydrogens (tertiary/aromatic N) is 2. The molecule has 2 heterocycles. The van der Waals surface area contributed by atoms with Gasteiger partial charge in [-0.05, 0) is 49.9 Å². The van der Waals surface area contributed by atoms with Crippen LogP contribution in [0.15, 0.2) is 24.3 Å². The zero-order valence-corrected chi connectivity index (χ0v) is 16.3. The van der Waals surface area contributed by atoms with Crippen molar-refractivity contribution in [3.8, 4) is 0 Å². The average Bonchev–Trinajstić information content (AvgIpc) is 3.12. The lowest BCUT2D eigenvalue weighted by Gasteiger charge is -2.42. The van der Waals surface area contributed by atoms with Crippen LogP contribution in [0.5, 0.6) is 0 Å². The van der Waals surface area contributed by atoms with Gasteiger partial charge in [-0.1, -0.05) is 0 Å². The van der Waals surface area contributed by atoms with Crippen LogP contribution < -0.4 is 0 Å². The van der Waals surface area contributed by atoms with Crippen molar-refractivity contribution in [2.24, 2.45) is 0 Å². The van der Waals surface area contributed by atoms with Crippen molar-refractivity contribution in [1.82, 2.24) is 9.80 Å². The Morgan fingerprint density at radius 2 is 1.71 bits per heavy atom. The van der Waals surface area contributed by atoms with E-state index in [1.807, 2.05) is 4.90 Å². The Kier molecular flexibility index (Phi) is 5.40. The van der Waals surface area contributed by atoms with E-state index in [1.54, 1.807) is 36.3 Å². The number of likely N-dealkylation sites (tertiary alicyclic amines) is 1. The predicted octanol–water partition coefficient (Wildman–Crippen LogP) is 1.30. The van der Waals surface area contributed by atoms with Crippen LogP contribution in [0.2, 0.25) is 0 Å². The molecular formula is C21H28N2O5. The maximum absolute atomic E-state index is 13.1. The van der Waals surface area contributed by atoms with Crippen LogP contribution in [0.4, 0.5) is 0 Å². The molecule has 0 radical (unpaired) electrons. The first kappa shape index (κ1) is 19.4. The standard InChI is InChI=1S/C21H28N2O5/c1-27-21-7-6-17(24)14-18(21)23(9-8-21)20(26)16-4-2-15(3-5-16)19(25)22-10-12-28-13-11-22/h2-5,17-18,24H,6-14H2,1H3/t17?,18?,21-/m1/s1. The fraction of sp³-hybridized carbons (Fsp3) is 0.619. The van der Waals surface area contributed by atoms with Crippen molar-refractivity contribution >= 4 is 11.8 Å². The van der Waals surface area contributed by atoms with Crippen molar-refractivity contribution in [3.05, 3.63) is 35.4 Å². The van der Waals surface area contributed by atoms with E-state index in [-0.39, 0.29) is 23.5 Å². The van der Waals surface area contributed by atoms with Crippen molar-refractivity contribution in [2.75, 3.05) is 40.0 Å². The Morgan fingerprint density at radius 1 is 1.07 bits per heavy atom. The lowest BCUT2D eigenvalue weighted by Crippen LogP contribution is -2.52. The van der Waals surface area contributed by atoms with E-state index in [4.69, 9.17) is 9.47 Å². The summed E-state index contributed by atoms with van der Waals surface area (Å²) >= 11 is 0. The van der Waals surface area contributed by atoms with Gasteiger partial charge < -0.3 is 24.4 Å². The first-order valence-corrected chi connectivity index (χ1v) is 10.1. The molecule has 2 amide bonds. The molecule has 3 atom stereocenters. The molecule has 3 aliphatic rings. The number of carbonyl (C=O) groups excluding carboxylic acids is 2. The van der Waals surface area contributed by atoms with Gasteiger partial charge >= 0.3 is 0 Å².